The van der Waals surface area contributed by atoms with Crippen LogP contribution in [0, 0.1) is 17.8 Å². The number of benzene rings is 1. The monoisotopic (exact) mass is 333 g/mol. The molecule has 24 heavy (non-hydrogen) atoms. The molecule has 6 nitrogen and oxygen atoms in total. The minimum absolute atomic E-state index is 0.111. The summed E-state index contributed by atoms with van der Waals surface area (Å²) in [6.45, 7) is 4.30. The fraction of sp³-hybridized carbons (Fsp3) is 0.500. The molecule has 1 heterocycles. The van der Waals surface area contributed by atoms with Crippen LogP contribution in [-0.2, 0) is 0 Å². The lowest BCUT2D eigenvalue weighted by Gasteiger charge is -2.33. The van der Waals surface area contributed by atoms with E-state index in [1.165, 1.54) is 4.90 Å². The van der Waals surface area contributed by atoms with E-state index in [1.54, 1.807) is 20.1 Å². The molecule has 130 valence electrons. The van der Waals surface area contributed by atoms with Crippen molar-refractivity contribution in [2.45, 2.75) is 25.9 Å². The van der Waals surface area contributed by atoms with Crippen LogP contribution in [0.2, 0.25) is 0 Å². The second kappa shape index (κ2) is 7.02. The summed E-state index contributed by atoms with van der Waals surface area (Å²) in [5.74, 6) is 3.31. The number of methoxy groups -OCH3 is 1. The maximum absolute atomic E-state index is 11.4. The maximum atomic E-state index is 11.4. The van der Waals surface area contributed by atoms with Crippen molar-refractivity contribution in [2.24, 2.45) is 5.41 Å². The quantitative estimate of drug-likeness (QED) is 0.808. The van der Waals surface area contributed by atoms with Crippen molar-refractivity contribution < 1.29 is 24.5 Å². The Hall–Kier alpha value is -2.39. The van der Waals surface area contributed by atoms with Gasteiger partial charge in [0, 0.05) is 24.4 Å². The van der Waals surface area contributed by atoms with E-state index in [1.807, 2.05) is 19.1 Å². The van der Waals surface area contributed by atoms with E-state index in [0.29, 0.717) is 18.0 Å². The Morgan fingerprint density at radius 3 is 2.79 bits per heavy atom. The van der Waals surface area contributed by atoms with Gasteiger partial charge in [-0.25, -0.2) is 4.79 Å². The normalized spacial score (nSPS) is 24.3. The van der Waals surface area contributed by atoms with E-state index in [4.69, 9.17) is 15.9 Å². The summed E-state index contributed by atoms with van der Waals surface area (Å²) in [4.78, 5) is 12.7. The lowest BCUT2D eigenvalue weighted by molar-refractivity contribution is 0.0481. The Morgan fingerprint density at radius 1 is 1.54 bits per heavy atom. The van der Waals surface area contributed by atoms with Crippen molar-refractivity contribution in [3.05, 3.63) is 23.8 Å². The van der Waals surface area contributed by atoms with Gasteiger partial charge >= 0.3 is 6.09 Å². The number of hydrogen-bond acceptors (Lipinski definition) is 4. The zero-order valence-electron chi connectivity index (χ0n) is 14.2. The SMILES string of the molecule is C#CCOc1cc(C2CN(C(=O)O)CC2(C)C(C)O)ccc1OC. The van der Waals surface area contributed by atoms with Gasteiger partial charge in [0.05, 0.1) is 13.2 Å². The van der Waals surface area contributed by atoms with Gasteiger partial charge in [0.1, 0.15) is 6.61 Å². The Labute approximate surface area is 142 Å². The van der Waals surface area contributed by atoms with Crippen LogP contribution in [0.5, 0.6) is 11.5 Å². The van der Waals surface area contributed by atoms with Crippen molar-refractivity contribution in [1.29, 1.82) is 0 Å². The molecule has 0 aliphatic carbocycles. The highest BCUT2D eigenvalue weighted by molar-refractivity contribution is 5.66. The van der Waals surface area contributed by atoms with Crippen LogP contribution in [0.15, 0.2) is 18.2 Å². The molecule has 1 amide bonds. The molecule has 0 spiro atoms. The maximum Gasteiger partial charge on any atom is 0.407 e. The first-order valence-electron chi connectivity index (χ1n) is 7.73. The molecule has 0 radical (unpaired) electrons. The average molecular weight is 333 g/mol. The number of carbonyl (C=O) groups is 1. The van der Waals surface area contributed by atoms with Gasteiger partial charge in [-0.15, -0.1) is 6.42 Å². The Kier molecular flexibility index (Phi) is 5.25. The number of carboxylic acid groups (broad SMARTS) is 1. The van der Waals surface area contributed by atoms with Crippen LogP contribution in [0.25, 0.3) is 0 Å². The molecule has 2 rings (SSSR count). The van der Waals surface area contributed by atoms with Crippen LogP contribution in [-0.4, -0.2) is 54.1 Å². The molecule has 1 aromatic rings. The molecule has 1 saturated heterocycles. The third-order valence-electron chi connectivity index (χ3n) is 4.86. The first-order valence-corrected chi connectivity index (χ1v) is 7.73. The molecule has 0 bridgehead atoms. The highest BCUT2D eigenvalue weighted by Crippen LogP contribution is 2.46. The number of terminal acetylenes is 1. The lowest BCUT2D eigenvalue weighted by Crippen LogP contribution is -2.37. The fourth-order valence-corrected chi connectivity index (χ4v) is 3.21. The van der Waals surface area contributed by atoms with E-state index < -0.39 is 17.6 Å². The molecular weight excluding hydrogens is 310 g/mol. The van der Waals surface area contributed by atoms with Gasteiger partial charge < -0.3 is 24.6 Å². The Bertz CT molecular complexity index is 651. The molecule has 6 heteroatoms. The molecule has 0 saturated carbocycles. The Morgan fingerprint density at radius 2 is 2.25 bits per heavy atom. The van der Waals surface area contributed by atoms with E-state index >= 15 is 0 Å². The van der Waals surface area contributed by atoms with E-state index in [2.05, 4.69) is 5.92 Å². The highest BCUT2D eigenvalue weighted by atomic mass is 16.5. The van der Waals surface area contributed by atoms with E-state index in [0.717, 1.165) is 5.56 Å². The molecule has 3 unspecified atom stereocenters. The highest BCUT2D eigenvalue weighted by Gasteiger charge is 2.48. The first-order chi connectivity index (χ1) is 11.3. The molecule has 1 aliphatic heterocycles. The second-order valence-corrected chi connectivity index (χ2v) is 6.30. The molecule has 1 aromatic carbocycles. The van der Waals surface area contributed by atoms with E-state index in [-0.39, 0.29) is 19.1 Å². The first kappa shape index (κ1) is 18.0. The summed E-state index contributed by atoms with van der Waals surface area (Å²) in [5.41, 5.74) is 0.297. The number of aliphatic hydroxyl groups is 1. The molecular formula is C18H23NO5. The number of ether oxygens (including phenoxy) is 2. The van der Waals surface area contributed by atoms with Crippen LogP contribution < -0.4 is 9.47 Å². The topological polar surface area (TPSA) is 79.2 Å². The zero-order valence-corrected chi connectivity index (χ0v) is 14.2. The standard InChI is InChI=1S/C18H23NO5/c1-5-8-24-16-9-13(6-7-15(16)23-4)14-10-19(17(21)22)11-18(14,3)12(2)20/h1,6-7,9,12,14,20H,8,10-11H2,2-4H3,(H,21,22). The smallest absolute Gasteiger partial charge is 0.407 e. The number of rotatable bonds is 5. The van der Waals surface area contributed by atoms with Crippen LogP contribution in [0.4, 0.5) is 4.79 Å². The van der Waals surface area contributed by atoms with Crippen LogP contribution >= 0.6 is 0 Å². The average Bonchev–Trinajstić information content (AvgIpc) is 2.92. The van der Waals surface area contributed by atoms with Gasteiger partial charge in [-0.05, 0) is 24.6 Å². The van der Waals surface area contributed by atoms with Crippen LogP contribution in [0.1, 0.15) is 25.3 Å². The lowest BCUT2D eigenvalue weighted by atomic mass is 9.72. The van der Waals surface area contributed by atoms with Gasteiger partial charge in [0.2, 0.25) is 0 Å². The summed E-state index contributed by atoms with van der Waals surface area (Å²) < 4.78 is 10.8. The predicted molar refractivity (Wildman–Crippen MR) is 89.4 cm³/mol. The van der Waals surface area contributed by atoms with Gasteiger partial charge in [0.15, 0.2) is 11.5 Å². The van der Waals surface area contributed by atoms with Gasteiger partial charge in [-0.1, -0.05) is 18.9 Å². The largest absolute Gasteiger partial charge is 0.493 e. The van der Waals surface area contributed by atoms with Crippen LogP contribution in [0.3, 0.4) is 0 Å². The molecule has 1 fully saturated rings. The number of aliphatic hydroxyl groups excluding tert-OH is 1. The number of amides is 1. The summed E-state index contributed by atoms with van der Waals surface area (Å²) in [5, 5.41) is 19.6. The van der Waals surface area contributed by atoms with Gasteiger partial charge in [-0.2, -0.15) is 0 Å². The molecule has 1 aliphatic rings. The minimum atomic E-state index is -0.985. The third kappa shape index (κ3) is 3.26. The molecule has 3 atom stereocenters. The summed E-state index contributed by atoms with van der Waals surface area (Å²) in [7, 11) is 1.54. The zero-order chi connectivity index (χ0) is 17.9. The summed E-state index contributed by atoms with van der Waals surface area (Å²) in [6.07, 6.45) is 3.59. The second-order valence-electron chi connectivity index (χ2n) is 6.30. The van der Waals surface area contributed by atoms with Crippen molar-refractivity contribution in [3.8, 4) is 23.8 Å². The molecule has 0 aromatic heterocycles. The van der Waals surface area contributed by atoms with Gasteiger partial charge in [-0.3, -0.25) is 0 Å². The van der Waals surface area contributed by atoms with Crippen molar-refractivity contribution in [3.63, 3.8) is 0 Å². The van der Waals surface area contributed by atoms with Crippen molar-refractivity contribution in [2.75, 3.05) is 26.8 Å². The fourth-order valence-electron chi connectivity index (χ4n) is 3.21. The third-order valence-corrected chi connectivity index (χ3v) is 4.86. The summed E-state index contributed by atoms with van der Waals surface area (Å²) >= 11 is 0. The number of nitrogens with zero attached hydrogens (tertiary/aromatic N) is 1. The van der Waals surface area contributed by atoms with Crippen molar-refractivity contribution in [1.82, 2.24) is 4.90 Å². The number of hydrogen-bond donors (Lipinski definition) is 2. The molecule has 2 N–H and O–H groups in total. The Balaban J connectivity index is 2.41. The summed E-state index contributed by atoms with van der Waals surface area (Å²) in [6, 6.07) is 5.46. The number of likely N-dealkylation sites (tertiary alicyclic amines) is 1. The van der Waals surface area contributed by atoms with Gasteiger partial charge in [0.25, 0.3) is 0 Å². The van der Waals surface area contributed by atoms with E-state index in [9.17, 15) is 15.0 Å². The van der Waals surface area contributed by atoms with Crippen molar-refractivity contribution >= 4 is 6.09 Å². The minimum Gasteiger partial charge on any atom is -0.493 e. The predicted octanol–water partition coefficient (Wildman–Crippen LogP) is 2.17.